The van der Waals surface area contributed by atoms with Gasteiger partial charge in [0.05, 0.1) is 14.2 Å². The summed E-state index contributed by atoms with van der Waals surface area (Å²) in [6, 6.07) is 0.125. The molecule has 0 spiro atoms. The van der Waals surface area contributed by atoms with Crippen LogP contribution in [0.4, 0.5) is 0 Å². The van der Waals surface area contributed by atoms with Crippen molar-refractivity contribution in [2.75, 3.05) is 27.3 Å². The molecular weight excluding hydrogens is 224 g/mol. The van der Waals surface area contributed by atoms with Gasteiger partial charge < -0.3 is 14.4 Å². The zero-order valence-electron chi connectivity index (χ0n) is 10.4. The highest BCUT2D eigenvalue weighted by Gasteiger charge is 2.18. The van der Waals surface area contributed by atoms with Gasteiger partial charge in [-0.15, -0.1) is 4.98 Å². The molecule has 1 rings (SSSR count). The molecule has 0 aliphatic heterocycles. The Morgan fingerprint density at radius 3 is 1.88 bits per heavy atom. The van der Waals surface area contributed by atoms with Gasteiger partial charge in [-0.1, -0.05) is 0 Å². The SMILES string of the molecule is CCN(CC)C(=O)c1nc(OC)nc(OC)n1. The summed E-state index contributed by atoms with van der Waals surface area (Å²) >= 11 is 0. The summed E-state index contributed by atoms with van der Waals surface area (Å²) < 4.78 is 9.76. The third kappa shape index (κ3) is 3.02. The zero-order chi connectivity index (χ0) is 12.8. The summed E-state index contributed by atoms with van der Waals surface area (Å²) in [5, 5.41) is 0. The Bertz CT molecular complexity index is 371. The average molecular weight is 240 g/mol. The average Bonchev–Trinajstić information content (AvgIpc) is 2.39. The van der Waals surface area contributed by atoms with Crippen LogP contribution < -0.4 is 9.47 Å². The van der Waals surface area contributed by atoms with Crippen molar-refractivity contribution in [1.82, 2.24) is 19.9 Å². The second kappa shape index (κ2) is 5.97. The first-order valence-corrected chi connectivity index (χ1v) is 5.29. The topological polar surface area (TPSA) is 77.4 Å². The quantitative estimate of drug-likeness (QED) is 0.740. The molecule has 7 heteroatoms. The lowest BCUT2D eigenvalue weighted by atomic mass is 10.4. The van der Waals surface area contributed by atoms with Crippen LogP contribution in [0.25, 0.3) is 0 Å². The van der Waals surface area contributed by atoms with Crippen LogP contribution in [0.1, 0.15) is 24.5 Å². The van der Waals surface area contributed by atoms with Crippen LogP contribution in [-0.2, 0) is 0 Å². The zero-order valence-corrected chi connectivity index (χ0v) is 10.4. The summed E-state index contributed by atoms with van der Waals surface area (Å²) in [5.74, 6) is -0.244. The molecule has 0 aliphatic carbocycles. The predicted molar refractivity (Wildman–Crippen MR) is 60.2 cm³/mol. The van der Waals surface area contributed by atoms with Gasteiger partial charge in [0, 0.05) is 13.1 Å². The Balaban J connectivity index is 3.07. The molecule has 0 unspecified atom stereocenters. The molecule has 0 aliphatic rings. The van der Waals surface area contributed by atoms with Crippen LogP contribution in [0.15, 0.2) is 0 Å². The van der Waals surface area contributed by atoms with E-state index in [-0.39, 0.29) is 23.8 Å². The molecule has 1 amide bonds. The summed E-state index contributed by atoms with van der Waals surface area (Å²) in [6.45, 7) is 4.95. The van der Waals surface area contributed by atoms with Crippen LogP contribution in [0, 0.1) is 0 Å². The molecule has 0 fully saturated rings. The number of nitrogens with zero attached hydrogens (tertiary/aromatic N) is 4. The molecule has 0 saturated heterocycles. The van der Waals surface area contributed by atoms with Gasteiger partial charge in [0.2, 0.25) is 5.82 Å². The molecular formula is C10H16N4O3. The van der Waals surface area contributed by atoms with E-state index < -0.39 is 0 Å². The molecule has 1 aromatic rings. The van der Waals surface area contributed by atoms with Gasteiger partial charge in [0.25, 0.3) is 5.91 Å². The monoisotopic (exact) mass is 240 g/mol. The van der Waals surface area contributed by atoms with Crippen molar-refractivity contribution in [2.45, 2.75) is 13.8 Å². The van der Waals surface area contributed by atoms with Crippen molar-refractivity contribution in [3.05, 3.63) is 5.82 Å². The fourth-order valence-corrected chi connectivity index (χ4v) is 1.27. The number of hydrogen-bond acceptors (Lipinski definition) is 6. The molecule has 0 saturated carbocycles. The van der Waals surface area contributed by atoms with Crippen molar-refractivity contribution in [2.24, 2.45) is 0 Å². The first kappa shape index (κ1) is 13.1. The van der Waals surface area contributed by atoms with E-state index in [0.29, 0.717) is 13.1 Å². The number of aromatic nitrogens is 3. The van der Waals surface area contributed by atoms with Crippen LogP contribution >= 0.6 is 0 Å². The van der Waals surface area contributed by atoms with E-state index in [1.165, 1.54) is 14.2 Å². The molecule has 0 N–H and O–H groups in total. The first-order valence-electron chi connectivity index (χ1n) is 5.29. The molecule has 0 atom stereocenters. The lowest BCUT2D eigenvalue weighted by molar-refractivity contribution is 0.0757. The Morgan fingerprint density at radius 2 is 1.53 bits per heavy atom. The van der Waals surface area contributed by atoms with E-state index >= 15 is 0 Å². The van der Waals surface area contributed by atoms with Gasteiger partial charge in [-0.25, -0.2) is 0 Å². The predicted octanol–water partition coefficient (Wildman–Crippen LogP) is 0.371. The minimum absolute atomic E-state index is 0.0254. The van der Waals surface area contributed by atoms with Crippen molar-refractivity contribution in [3.8, 4) is 12.0 Å². The fourth-order valence-electron chi connectivity index (χ4n) is 1.27. The third-order valence-electron chi connectivity index (χ3n) is 2.20. The molecule has 17 heavy (non-hydrogen) atoms. The van der Waals surface area contributed by atoms with E-state index in [1.54, 1.807) is 4.90 Å². The van der Waals surface area contributed by atoms with Crippen LogP contribution in [0.5, 0.6) is 12.0 Å². The highest BCUT2D eigenvalue weighted by molar-refractivity contribution is 5.90. The van der Waals surface area contributed by atoms with E-state index in [0.717, 1.165) is 0 Å². The van der Waals surface area contributed by atoms with E-state index in [1.807, 2.05) is 13.8 Å². The Morgan fingerprint density at radius 1 is 1.06 bits per heavy atom. The van der Waals surface area contributed by atoms with Crippen molar-refractivity contribution < 1.29 is 14.3 Å². The Hall–Kier alpha value is -1.92. The van der Waals surface area contributed by atoms with Gasteiger partial charge in [-0.05, 0) is 13.8 Å². The summed E-state index contributed by atoms with van der Waals surface area (Å²) in [7, 11) is 2.83. The lowest BCUT2D eigenvalue weighted by Gasteiger charge is -2.17. The minimum Gasteiger partial charge on any atom is -0.467 e. The van der Waals surface area contributed by atoms with Crippen LogP contribution in [0.3, 0.4) is 0 Å². The first-order chi connectivity index (χ1) is 8.15. The fraction of sp³-hybridized carbons (Fsp3) is 0.600. The van der Waals surface area contributed by atoms with Crippen LogP contribution in [-0.4, -0.2) is 53.1 Å². The second-order valence-electron chi connectivity index (χ2n) is 3.11. The van der Waals surface area contributed by atoms with E-state index in [4.69, 9.17) is 9.47 Å². The van der Waals surface area contributed by atoms with Gasteiger partial charge in [-0.2, -0.15) is 9.97 Å². The Kier molecular flexibility index (Phi) is 4.62. The maximum Gasteiger partial charge on any atom is 0.323 e. The number of carbonyl (C=O) groups excluding carboxylic acids is 1. The summed E-state index contributed by atoms with van der Waals surface area (Å²) in [6.07, 6.45) is 0. The Labute approximate surface area is 99.8 Å². The number of amides is 1. The van der Waals surface area contributed by atoms with Gasteiger partial charge in [0.15, 0.2) is 0 Å². The lowest BCUT2D eigenvalue weighted by Crippen LogP contribution is -2.32. The molecule has 0 aromatic carbocycles. The number of carbonyl (C=O) groups is 1. The van der Waals surface area contributed by atoms with Gasteiger partial charge >= 0.3 is 12.0 Å². The molecule has 0 bridgehead atoms. The number of rotatable bonds is 5. The van der Waals surface area contributed by atoms with Gasteiger partial charge in [-0.3, -0.25) is 4.79 Å². The van der Waals surface area contributed by atoms with Crippen LogP contribution in [0.2, 0.25) is 0 Å². The molecule has 1 aromatic heterocycles. The second-order valence-corrected chi connectivity index (χ2v) is 3.11. The largest absolute Gasteiger partial charge is 0.467 e. The molecule has 0 radical (unpaired) electrons. The summed E-state index contributed by atoms with van der Waals surface area (Å²) in [5.41, 5.74) is 0. The van der Waals surface area contributed by atoms with Crippen molar-refractivity contribution in [3.63, 3.8) is 0 Å². The number of ether oxygens (including phenoxy) is 2. The number of hydrogen-bond donors (Lipinski definition) is 0. The normalized spacial score (nSPS) is 9.88. The van der Waals surface area contributed by atoms with Crippen molar-refractivity contribution >= 4 is 5.91 Å². The maximum absolute atomic E-state index is 12.0. The standard InChI is InChI=1S/C10H16N4O3/c1-5-14(6-2)8(15)7-11-9(16-3)13-10(12-7)17-4/h5-6H2,1-4H3. The highest BCUT2D eigenvalue weighted by Crippen LogP contribution is 2.10. The smallest absolute Gasteiger partial charge is 0.323 e. The van der Waals surface area contributed by atoms with E-state index in [2.05, 4.69) is 15.0 Å². The number of methoxy groups -OCH3 is 2. The molecule has 94 valence electrons. The highest BCUT2D eigenvalue weighted by atomic mass is 16.5. The molecule has 7 nitrogen and oxygen atoms in total. The minimum atomic E-state index is -0.269. The van der Waals surface area contributed by atoms with E-state index in [9.17, 15) is 4.79 Å². The maximum atomic E-state index is 12.0. The van der Waals surface area contributed by atoms with Crippen molar-refractivity contribution in [1.29, 1.82) is 0 Å². The third-order valence-corrected chi connectivity index (χ3v) is 2.20. The molecule has 1 heterocycles. The summed E-state index contributed by atoms with van der Waals surface area (Å²) in [4.78, 5) is 25.2. The van der Waals surface area contributed by atoms with Gasteiger partial charge in [0.1, 0.15) is 0 Å².